The van der Waals surface area contributed by atoms with E-state index >= 15 is 0 Å². The molecule has 0 unspecified atom stereocenters. The first kappa shape index (κ1) is 39.8. The van der Waals surface area contributed by atoms with Gasteiger partial charge in [-0.05, 0) is 125 Å². The van der Waals surface area contributed by atoms with Crippen LogP contribution in [0, 0.1) is 0 Å². The van der Waals surface area contributed by atoms with Crippen LogP contribution in [0.15, 0.2) is 0 Å². The molecule has 0 aliphatic carbocycles. The van der Waals surface area contributed by atoms with Crippen LogP contribution < -0.4 is 0 Å². The highest BCUT2D eigenvalue weighted by Crippen LogP contribution is 2.22. The van der Waals surface area contributed by atoms with Crippen LogP contribution in [0.2, 0.25) is 0 Å². The fourth-order valence-corrected chi connectivity index (χ4v) is 8.28. The van der Waals surface area contributed by atoms with Gasteiger partial charge in [0.1, 0.15) is 0 Å². The zero-order chi connectivity index (χ0) is 32.6. The van der Waals surface area contributed by atoms with Gasteiger partial charge in [-0.15, -0.1) is 0 Å². The summed E-state index contributed by atoms with van der Waals surface area (Å²) in [5, 5.41) is 0. The standard InChI is InChI=1S/3C12H26N2/c2*1-9(2)13-7-11(5)14(10(3)4)12(6)8-13;1-9(2)13-7-8-14(10(3)4)12(6)11(13)5/h3*9-12H,7-8H2,1-6H3/t3*11-,12-/m101/s1. The maximum Gasteiger partial charge on any atom is 0.0223 e. The second-order valence-electron chi connectivity index (χ2n) is 15.7. The molecule has 3 heterocycles. The number of hydrogen-bond donors (Lipinski definition) is 0. The molecule has 0 aromatic heterocycles. The lowest BCUT2D eigenvalue weighted by Crippen LogP contribution is -2.60. The summed E-state index contributed by atoms with van der Waals surface area (Å²) in [5.74, 6) is 0. The molecule has 3 aliphatic rings. The Hall–Kier alpha value is -0.240. The lowest BCUT2D eigenvalue weighted by atomic mass is 10.0. The fourth-order valence-electron chi connectivity index (χ4n) is 8.28. The molecule has 3 aliphatic heterocycles. The predicted molar refractivity (Wildman–Crippen MR) is 188 cm³/mol. The summed E-state index contributed by atoms with van der Waals surface area (Å²) in [6.07, 6.45) is 0. The van der Waals surface area contributed by atoms with E-state index in [1.165, 1.54) is 39.3 Å². The van der Waals surface area contributed by atoms with Crippen LogP contribution in [-0.4, -0.2) is 141 Å². The maximum absolute atomic E-state index is 2.64. The molecule has 0 bridgehead atoms. The van der Waals surface area contributed by atoms with E-state index in [0.717, 1.165) is 0 Å². The van der Waals surface area contributed by atoms with Crippen LogP contribution in [0.25, 0.3) is 0 Å². The molecule has 0 saturated carbocycles. The second kappa shape index (κ2) is 18.0. The van der Waals surface area contributed by atoms with Gasteiger partial charge in [-0.1, -0.05) is 0 Å². The Morgan fingerprint density at radius 2 is 0.595 bits per heavy atom. The van der Waals surface area contributed by atoms with E-state index < -0.39 is 0 Å². The van der Waals surface area contributed by atoms with Crippen molar-refractivity contribution in [3.8, 4) is 0 Å². The van der Waals surface area contributed by atoms with Gasteiger partial charge in [-0.25, -0.2) is 0 Å². The lowest BCUT2D eigenvalue weighted by Gasteiger charge is -2.48. The van der Waals surface area contributed by atoms with Gasteiger partial charge in [0, 0.05) is 112 Å². The van der Waals surface area contributed by atoms with Crippen molar-refractivity contribution >= 4 is 0 Å². The summed E-state index contributed by atoms with van der Waals surface area (Å²) in [6, 6.07) is 8.25. The van der Waals surface area contributed by atoms with Crippen molar-refractivity contribution in [2.24, 2.45) is 0 Å². The normalized spacial score (nSPS) is 31.7. The minimum Gasteiger partial charge on any atom is -0.298 e. The highest BCUT2D eigenvalue weighted by atomic mass is 15.3. The summed E-state index contributed by atoms with van der Waals surface area (Å²) in [5.41, 5.74) is 0. The molecule has 6 nitrogen and oxygen atoms in total. The molecule has 6 heteroatoms. The Kier molecular flexibility index (Phi) is 17.1. The van der Waals surface area contributed by atoms with Crippen LogP contribution in [-0.2, 0) is 0 Å². The maximum atomic E-state index is 2.64. The summed E-state index contributed by atoms with van der Waals surface area (Å²) in [4.78, 5) is 15.7. The molecule has 252 valence electrons. The number of rotatable bonds is 6. The highest BCUT2D eigenvalue weighted by molar-refractivity contribution is 4.90. The third-order valence-electron chi connectivity index (χ3n) is 10.4. The first-order valence-corrected chi connectivity index (χ1v) is 17.9. The molecular formula is C36H78N6. The van der Waals surface area contributed by atoms with Gasteiger partial charge in [0.2, 0.25) is 0 Å². The SMILES string of the molecule is CC(C)N1CCN(C(C)C)[C@H](C)[C@H]1C.CC(C)N1C[C@@H](C)N(C(C)C)[C@H](C)C1.CC(C)N1C[C@H](C)N(C(C)C)[C@@H](C)C1. The van der Waals surface area contributed by atoms with E-state index in [9.17, 15) is 0 Å². The molecule has 3 rings (SSSR count). The zero-order valence-corrected chi connectivity index (χ0v) is 31.9. The van der Waals surface area contributed by atoms with Gasteiger partial charge in [0.25, 0.3) is 0 Å². The lowest BCUT2D eigenvalue weighted by molar-refractivity contribution is 0.00129. The van der Waals surface area contributed by atoms with Crippen molar-refractivity contribution in [2.75, 3.05) is 39.3 Å². The summed E-state index contributed by atoms with van der Waals surface area (Å²) < 4.78 is 0. The zero-order valence-electron chi connectivity index (χ0n) is 31.9. The minimum absolute atomic E-state index is 0.675. The first-order chi connectivity index (χ1) is 19.3. The van der Waals surface area contributed by atoms with Crippen LogP contribution >= 0.6 is 0 Å². The molecular weight excluding hydrogens is 516 g/mol. The number of nitrogens with zero attached hydrogens (tertiary/aromatic N) is 6. The molecule has 0 N–H and O–H groups in total. The summed E-state index contributed by atoms with van der Waals surface area (Å²) >= 11 is 0. The summed E-state index contributed by atoms with van der Waals surface area (Å²) in [6.45, 7) is 49.1. The number of piperazine rings is 3. The van der Waals surface area contributed by atoms with E-state index in [4.69, 9.17) is 0 Å². The van der Waals surface area contributed by atoms with Crippen LogP contribution in [0.5, 0.6) is 0 Å². The Morgan fingerprint density at radius 3 is 0.762 bits per heavy atom. The van der Waals surface area contributed by atoms with Crippen molar-refractivity contribution in [1.29, 1.82) is 0 Å². The third-order valence-corrected chi connectivity index (χ3v) is 10.4. The molecule has 0 spiro atoms. The van der Waals surface area contributed by atoms with Crippen molar-refractivity contribution < 1.29 is 0 Å². The van der Waals surface area contributed by atoms with Crippen molar-refractivity contribution in [3.63, 3.8) is 0 Å². The van der Waals surface area contributed by atoms with Gasteiger partial charge in [-0.3, -0.25) is 29.4 Å². The van der Waals surface area contributed by atoms with Gasteiger partial charge in [0.15, 0.2) is 0 Å². The molecule has 3 fully saturated rings. The Morgan fingerprint density at radius 1 is 0.357 bits per heavy atom. The van der Waals surface area contributed by atoms with Crippen molar-refractivity contribution in [2.45, 2.75) is 197 Å². The Bertz CT molecular complexity index is 638. The van der Waals surface area contributed by atoms with Gasteiger partial charge in [-0.2, -0.15) is 0 Å². The van der Waals surface area contributed by atoms with E-state index in [0.29, 0.717) is 72.5 Å². The van der Waals surface area contributed by atoms with E-state index in [2.05, 4.69) is 154 Å². The predicted octanol–water partition coefficient (Wildman–Crippen LogP) is 6.59. The smallest absolute Gasteiger partial charge is 0.0223 e. The molecule has 0 aromatic rings. The van der Waals surface area contributed by atoms with E-state index in [1.54, 1.807) is 0 Å². The van der Waals surface area contributed by atoms with Crippen LogP contribution in [0.3, 0.4) is 0 Å². The first-order valence-electron chi connectivity index (χ1n) is 17.9. The van der Waals surface area contributed by atoms with Crippen molar-refractivity contribution in [3.05, 3.63) is 0 Å². The Labute approximate surface area is 265 Å². The molecule has 0 radical (unpaired) electrons. The highest BCUT2D eigenvalue weighted by Gasteiger charge is 2.34. The Balaban J connectivity index is 0.000000315. The van der Waals surface area contributed by atoms with Gasteiger partial charge < -0.3 is 0 Å². The molecule has 42 heavy (non-hydrogen) atoms. The molecule has 0 aromatic carbocycles. The van der Waals surface area contributed by atoms with Crippen molar-refractivity contribution in [1.82, 2.24) is 29.4 Å². The monoisotopic (exact) mass is 595 g/mol. The topological polar surface area (TPSA) is 19.4 Å². The average Bonchev–Trinajstić information content (AvgIpc) is 2.84. The number of hydrogen-bond acceptors (Lipinski definition) is 6. The molecule has 3 saturated heterocycles. The fraction of sp³-hybridized carbons (Fsp3) is 1.00. The largest absolute Gasteiger partial charge is 0.298 e. The third kappa shape index (κ3) is 11.3. The summed E-state index contributed by atoms with van der Waals surface area (Å²) in [7, 11) is 0. The quantitative estimate of drug-likeness (QED) is 0.343. The minimum atomic E-state index is 0.675. The average molecular weight is 595 g/mol. The van der Waals surface area contributed by atoms with Crippen LogP contribution in [0.4, 0.5) is 0 Å². The van der Waals surface area contributed by atoms with E-state index in [-0.39, 0.29) is 0 Å². The second-order valence-corrected chi connectivity index (χ2v) is 15.7. The van der Waals surface area contributed by atoms with E-state index in [1.807, 2.05) is 0 Å². The van der Waals surface area contributed by atoms with Gasteiger partial charge in [0.05, 0.1) is 0 Å². The van der Waals surface area contributed by atoms with Gasteiger partial charge >= 0.3 is 0 Å². The van der Waals surface area contributed by atoms with Crippen LogP contribution in [0.1, 0.15) is 125 Å². The molecule has 6 atom stereocenters. The molecule has 0 amide bonds.